The molecule has 1 atom stereocenters. The molecule has 2 aromatic carbocycles. The molecule has 0 spiro atoms. The zero-order valence-electron chi connectivity index (χ0n) is 16.7. The molecular weight excluding hydrogens is 458 g/mol. The smallest absolute Gasteiger partial charge is 0.191 e. The van der Waals surface area contributed by atoms with Gasteiger partial charge in [0, 0.05) is 12.1 Å². The first-order valence-electron chi connectivity index (χ1n) is 9.52. The number of ketones is 1. The molecule has 0 aliphatic carbocycles. The van der Waals surface area contributed by atoms with Crippen molar-refractivity contribution in [2.75, 3.05) is 0 Å². The molecule has 160 valence electrons. The maximum absolute atomic E-state index is 13.5. The van der Waals surface area contributed by atoms with Crippen molar-refractivity contribution >= 4 is 50.9 Å². The van der Waals surface area contributed by atoms with Gasteiger partial charge in [0.25, 0.3) is 0 Å². The molecule has 0 bridgehead atoms. The normalized spacial score (nSPS) is 12.4. The summed E-state index contributed by atoms with van der Waals surface area (Å²) in [6.45, 7) is 4.36. The highest BCUT2D eigenvalue weighted by molar-refractivity contribution is 8.00. The van der Waals surface area contributed by atoms with E-state index < -0.39 is 16.9 Å². The van der Waals surface area contributed by atoms with Crippen LogP contribution in [-0.4, -0.2) is 30.8 Å². The van der Waals surface area contributed by atoms with Gasteiger partial charge in [0.15, 0.2) is 26.9 Å². The summed E-state index contributed by atoms with van der Waals surface area (Å²) in [5.74, 6) is -0.902. The van der Waals surface area contributed by atoms with Crippen LogP contribution < -0.4 is 0 Å². The van der Waals surface area contributed by atoms with E-state index in [1.165, 1.54) is 17.8 Å². The van der Waals surface area contributed by atoms with Crippen LogP contribution in [0.2, 0.25) is 0 Å². The second kappa shape index (κ2) is 9.46. The number of nitrogens with zero attached hydrogens (tertiary/aromatic N) is 4. The van der Waals surface area contributed by atoms with Crippen molar-refractivity contribution in [3.05, 3.63) is 65.5 Å². The second-order valence-electron chi connectivity index (χ2n) is 6.63. The summed E-state index contributed by atoms with van der Waals surface area (Å²) in [5.41, 5.74) is 1.11. The lowest BCUT2D eigenvalue weighted by Gasteiger charge is -2.11. The average molecular weight is 477 g/mol. The molecule has 0 aliphatic heterocycles. The predicted molar refractivity (Wildman–Crippen MR) is 121 cm³/mol. The number of aromatic nitrogens is 4. The van der Waals surface area contributed by atoms with Crippen LogP contribution in [0.15, 0.2) is 52.0 Å². The van der Waals surface area contributed by atoms with Gasteiger partial charge >= 0.3 is 0 Å². The maximum Gasteiger partial charge on any atom is 0.191 e. The predicted octanol–water partition coefficient (Wildman–Crippen LogP) is 5.84. The third-order valence-electron chi connectivity index (χ3n) is 4.56. The Labute approximate surface area is 190 Å². The lowest BCUT2D eigenvalue weighted by molar-refractivity contribution is 0.0993. The number of carbonyl (C=O) groups is 1. The van der Waals surface area contributed by atoms with Gasteiger partial charge in [-0.25, -0.2) is 13.8 Å². The fourth-order valence-electron chi connectivity index (χ4n) is 2.97. The molecule has 10 heteroatoms. The van der Waals surface area contributed by atoms with E-state index in [2.05, 4.69) is 15.2 Å². The Bertz CT molecular complexity index is 1210. The van der Waals surface area contributed by atoms with Gasteiger partial charge in [-0.1, -0.05) is 35.7 Å². The zero-order chi connectivity index (χ0) is 22.0. The molecule has 5 nitrogen and oxygen atoms in total. The van der Waals surface area contributed by atoms with Crippen LogP contribution in [0.5, 0.6) is 0 Å². The number of para-hydroxylation sites is 1. The van der Waals surface area contributed by atoms with Crippen molar-refractivity contribution in [2.24, 2.45) is 0 Å². The molecule has 4 rings (SSSR count). The third-order valence-corrected chi connectivity index (χ3v) is 7.82. The molecule has 1 unspecified atom stereocenters. The Hall–Kier alpha value is -2.30. The first-order valence-corrected chi connectivity index (χ1v) is 12.2. The molecule has 0 saturated carbocycles. The van der Waals surface area contributed by atoms with E-state index in [4.69, 9.17) is 0 Å². The summed E-state index contributed by atoms with van der Waals surface area (Å²) in [7, 11) is 0. The molecule has 0 saturated heterocycles. The number of benzene rings is 2. The van der Waals surface area contributed by atoms with Crippen LogP contribution in [0.4, 0.5) is 8.78 Å². The lowest BCUT2D eigenvalue weighted by atomic mass is 10.1. The molecular formula is C21H18F2N4OS3. The van der Waals surface area contributed by atoms with Gasteiger partial charge < -0.3 is 4.57 Å². The first-order chi connectivity index (χ1) is 15.0. The maximum atomic E-state index is 13.5. The molecule has 0 fully saturated rings. The molecule has 0 N–H and O–H groups in total. The van der Waals surface area contributed by atoms with E-state index in [0.717, 1.165) is 32.5 Å². The second-order valence-corrected chi connectivity index (χ2v) is 10.2. The summed E-state index contributed by atoms with van der Waals surface area (Å²) in [6, 6.07) is 11.2. The van der Waals surface area contributed by atoms with E-state index in [-0.39, 0.29) is 11.3 Å². The number of hydrogen-bond donors (Lipinski definition) is 0. The number of thiazole rings is 1. The summed E-state index contributed by atoms with van der Waals surface area (Å²) >= 11 is 4.49. The highest BCUT2D eigenvalue weighted by atomic mass is 32.2. The summed E-state index contributed by atoms with van der Waals surface area (Å²) in [5, 5.41) is 8.64. The Morgan fingerprint density at radius 1 is 1.16 bits per heavy atom. The molecule has 2 aromatic heterocycles. The number of hydrogen-bond acceptors (Lipinski definition) is 7. The van der Waals surface area contributed by atoms with Gasteiger partial charge in [-0.2, -0.15) is 0 Å². The third kappa shape index (κ3) is 4.81. The minimum Gasteiger partial charge on any atom is -0.306 e. The van der Waals surface area contributed by atoms with Crippen molar-refractivity contribution in [2.45, 2.75) is 40.9 Å². The Balaban J connectivity index is 1.45. The Morgan fingerprint density at radius 2 is 1.97 bits per heavy atom. The van der Waals surface area contributed by atoms with Gasteiger partial charge in [0.1, 0.15) is 5.82 Å². The number of halogens is 2. The Kier molecular flexibility index (Phi) is 6.68. The minimum absolute atomic E-state index is 0.132. The van der Waals surface area contributed by atoms with Crippen molar-refractivity contribution in [3.63, 3.8) is 0 Å². The number of fused-ring (bicyclic) bond motifs is 1. The van der Waals surface area contributed by atoms with Crippen molar-refractivity contribution < 1.29 is 13.6 Å². The molecule has 2 heterocycles. The zero-order valence-corrected chi connectivity index (χ0v) is 19.2. The standard InChI is InChI=1S/C21H18F2N4OS3/c1-3-27-18(11-29-21-24-16-6-4-5-7-17(16)31-21)25-26-20(27)30-12(2)19(28)13-8-9-14(22)15(23)10-13/h4-10,12H,3,11H2,1-2H3. The highest BCUT2D eigenvalue weighted by Gasteiger charge is 2.22. The van der Waals surface area contributed by atoms with Gasteiger partial charge in [0.05, 0.1) is 21.2 Å². The van der Waals surface area contributed by atoms with Gasteiger partial charge in [-0.05, 0) is 44.2 Å². The van der Waals surface area contributed by atoms with Crippen LogP contribution >= 0.6 is 34.9 Å². The van der Waals surface area contributed by atoms with Crippen molar-refractivity contribution in [1.29, 1.82) is 0 Å². The van der Waals surface area contributed by atoms with Crippen LogP contribution in [-0.2, 0) is 12.3 Å². The first kappa shape index (κ1) is 21.9. The van der Waals surface area contributed by atoms with Gasteiger partial charge in [-0.3, -0.25) is 4.79 Å². The monoisotopic (exact) mass is 476 g/mol. The summed E-state index contributed by atoms with van der Waals surface area (Å²) < 4.78 is 30.7. The SMILES string of the molecule is CCn1c(CSc2nc3ccccc3s2)nnc1SC(C)C(=O)c1ccc(F)c(F)c1. The number of rotatable bonds is 8. The van der Waals surface area contributed by atoms with E-state index in [1.54, 1.807) is 30.0 Å². The van der Waals surface area contributed by atoms with Crippen LogP contribution in [0.3, 0.4) is 0 Å². The van der Waals surface area contributed by atoms with E-state index in [0.29, 0.717) is 17.5 Å². The van der Waals surface area contributed by atoms with E-state index in [1.807, 2.05) is 35.8 Å². The molecule has 0 aliphatic rings. The number of Topliss-reactive ketones (excluding diaryl/α,β-unsaturated/α-hetero) is 1. The molecule has 31 heavy (non-hydrogen) atoms. The van der Waals surface area contributed by atoms with Crippen LogP contribution in [0, 0.1) is 11.6 Å². The largest absolute Gasteiger partial charge is 0.306 e. The fourth-order valence-corrected chi connectivity index (χ4v) is 5.98. The fraction of sp³-hybridized carbons (Fsp3) is 0.238. The average Bonchev–Trinajstić information content (AvgIpc) is 3.36. The molecule has 4 aromatic rings. The summed E-state index contributed by atoms with van der Waals surface area (Å²) in [4.78, 5) is 17.3. The van der Waals surface area contributed by atoms with E-state index in [9.17, 15) is 13.6 Å². The molecule has 0 amide bonds. The van der Waals surface area contributed by atoms with Crippen LogP contribution in [0.1, 0.15) is 30.0 Å². The lowest BCUT2D eigenvalue weighted by Crippen LogP contribution is -2.15. The van der Waals surface area contributed by atoms with Crippen LogP contribution in [0.25, 0.3) is 10.2 Å². The topological polar surface area (TPSA) is 60.7 Å². The molecule has 0 radical (unpaired) electrons. The van der Waals surface area contributed by atoms with Crippen molar-refractivity contribution in [1.82, 2.24) is 19.7 Å². The van der Waals surface area contributed by atoms with Crippen molar-refractivity contribution in [3.8, 4) is 0 Å². The number of thioether (sulfide) groups is 2. The quantitative estimate of drug-likeness (QED) is 0.235. The number of carbonyl (C=O) groups excluding carboxylic acids is 1. The summed E-state index contributed by atoms with van der Waals surface area (Å²) in [6.07, 6.45) is 0. The van der Waals surface area contributed by atoms with Gasteiger partial charge in [-0.15, -0.1) is 21.5 Å². The van der Waals surface area contributed by atoms with E-state index >= 15 is 0 Å². The minimum atomic E-state index is -1.03. The van der Waals surface area contributed by atoms with Gasteiger partial charge in [0.2, 0.25) is 0 Å². The highest BCUT2D eigenvalue weighted by Crippen LogP contribution is 2.32. The Morgan fingerprint density at radius 3 is 2.71 bits per heavy atom.